The second-order valence-electron chi connectivity index (χ2n) is 4.76. The van der Waals surface area contributed by atoms with Crippen molar-refractivity contribution in [2.45, 2.75) is 6.92 Å². The summed E-state index contributed by atoms with van der Waals surface area (Å²) >= 11 is 0. The second-order valence-corrected chi connectivity index (χ2v) is 4.76. The van der Waals surface area contributed by atoms with Gasteiger partial charge in [-0.2, -0.15) is 0 Å². The van der Waals surface area contributed by atoms with E-state index in [2.05, 4.69) is 4.98 Å². The molecule has 0 aliphatic heterocycles. The number of aromatic nitrogens is 1. The molecule has 21 heavy (non-hydrogen) atoms. The van der Waals surface area contributed by atoms with Crippen molar-refractivity contribution in [3.05, 3.63) is 64.3 Å². The summed E-state index contributed by atoms with van der Waals surface area (Å²) in [4.78, 5) is 15.3. The lowest BCUT2D eigenvalue weighted by molar-refractivity contribution is -0.382. The highest BCUT2D eigenvalue weighted by Crippen LogP contribution is 2.40. The molecule has 0 fully saturated rings. The fourth-order valence-corrected chi connectivity index (χ4v) is 2.38. The van der Waals surface area contributed by atoms with Crippen LogP contribution in [0.5, 0.6) is 5.75 Å². The van der Waals surface area contributed by atoms with E-state index in [1.807, 2.05) is 6.07 Å². The van der Waals surface area contributed by atoms with E-state index in [9.17, 15) is 15.2 Å². The molecule has 0 aliphatic carbocycles. The van der Waals surface area contributed by atoms with E-state index in [1.54, 1.807) is 43.3 Å². The van der Waals surface area contributed by atoms with Gasteiger partial charge in [0.05, 0.1) is 10.5 Å². The van der Waals surface area contributed by atoms with Crippen LogP contribution >= 0.6 is 0 Å². The lowest BCUT2D eigenvalue weighted by Gasteiger charge is -2.08. The maximum atomic E-state index is 11.5. The predicted molar refractivity (Wildman–Crippen MR) is 80.2 cm³/mol. The second kappa shape index (κ2) is 4.86. The first-order valence-corrected chi connectivity index (χ1v) is 6.41. The number of fused-ring (bicyclic) bond motifs is 1. The van der Waals surface area contributed by atoms with E-state index in [-0.39, 0.29) is 17.0 Å². The summed E-state index contributed by atoms with van der Waals surface area (Å²) in [5, 5.41) is 22.0. The van der Waals surface area contributed by atoms with Gasteiger partial charge in [-0.05, 0) is 30.7 Å². The number of pyridine rings is 1. The average molecular weight is 280 g/mol. The highest BCUT2D eigenvalue weighted by Gasteiger charge is 2.23. The van der Waals surface area contributed by atoms with Crippen molar-refractivity contribution in [2.75, 3.05) is 0 Å². The molecule has 3 rings (SSSR count). The third-order valence-electron chi connectivity index (χ3n) is 3.34. The molecular weight excluding hydrogens is 268 g/mol. The Kier molecular flexibility index (Phi) is 3.02. The molecular formula is C16H12N2O3. The van der Waals surface area contributed by atoms with E-state index < -0.39 is 4.92 Å². The quantitative estimate of drug-likeness (QED) is 0.571. The minimum Gasteiger partial charge on any atom is -0.507 e. The summed E-state index contributed by atoms with van der Waals surface area (Å²) in [7, 11) is 0. The van der Waals surface area contributed by atoms with Crippen LogP contribution in [0.25, 0.3) is 22.0 Å². The van der Waals surface area contributed by atoms with Gasteiger partial charge >= 0.3 is 5.69 Å². The number of aryl methyl sites for hydroxylation is 1. The zero-order valence-electron chi connectivity index (χ0n) is 11.3. The normalized spacial score (nSPS) is 10.7. The molecule has 1 heterocycles. The predicted octanol–water partition coefficient (Wildman–Crippen LogP) is 3.82. The third kappa shape index (κ3) is 2.18. The molecule has 0 bridgehead atoms. The van der Waals surface area contributed by atoms with Crippen LogP contribution in [-0.4, -0.2) is 15.0 Å². The molecule has 5 heteroatoms. The van der Waals surface area contributed by atoms with Crippen LogP contribution in [0.1, 0.15) is 5.69 Å². The van der Waals surface area contributed by atoms with Crippen LogP contribution in [0.15, 0.2) is 48.5 Å². The van der Waals surface area contributed by atoms with Gasteiger partial charge in [0.1, 0.15) is 5.75 Å². The van der Waals surface area contributed by atoms with Crippen molar-refractivity contribution in [1.29, 1.82) is 0 Å². The lowest BCUT2D eigenvalue weighted by Crippen LogP contribution is -1.96. The molecule has 0 spiro atoms. The maximum Gasteiger partial charge on any atom is 0.303 e. The maximum absolute atomic E-state index is 11.5. The Morgan fingerprint density at radius 3 is 2.52 bits per heavy atom. The zero-order chi connectivity index (χ0) is 15.0. The van der Waals surface area contributed by atoms with Crippen LogP contribution in [-0.2, 0) is 0 Å². The minimum atomic E-state index is -0.448. The van der Waals surface area contributed by atoms with E-state index in [0.29, 0.717) is 22.2 Å². The molecule has 0 saturated carbocycles. The van der Waals surface area contributed by atoms with Crippen molar-refractivity contribution in [3.63, 3.8) is 0 Å². The molecule has 3 aromatic rings. The van der Waals surface area contributed by atoms with E-state index in [4.69, 9.17) is 0 Å². The Balaban J connectivity index is 2.45. The van der Waals surface area contributed by atoms with Crippen molar-refractivity contribution < 1.29 is 10.0 Å². The first-order chi connectivity index (χ1) is 10.1. The topological polar surface area (TPSA) is 76.3 Å². The van der Waals surface area contributed by atoms with Gasteiger partial charge in [0.15, 0.2) is 5.52 Å². The largest absolute Gasteiger partial charge is 0.507 e. The molecule has 0 atom stereocenters. The molecule has 0 aliphatic rings. The highest BCUT2D eigenvalue weighted by molar-refractivity contribution is 5.99. The summed E-state index contributed by atoms with van der Waals surface area (Å²) < 4.78 is 0. The fourth-order valence-electron chi connectivity index (χ4n) is 2.38. The van der Waals surface area contributed by atoms with Crippen LogP contribution in [0.2, 0.25) is 0 Å². The standard InChI is InChI=1S/C16H12N2O3/c1-10-7-8-12-14(19)9-13(11-5-3-2-4-6-11)16(18(20)21)15(12)17-10/h2-9,19H,1H3. The van der Waals surface area contributed by atoms with Gasteiger partial charge in [-0.1, -0.05) is 30.3 Å². The molecule has 0 amide bonds. The molecule has 0 radical (unpaired) electrons. The summed E-state index contributed by atoms with van der Waals surface area (Å²) in [5.41, 5.74) is 1.82. The molecule has 1 aromatic heterocycles. The van der Waals surface area contributed by atoms with E-state index in [1.165, 1.54) is 6.07 Å². The van der Waals surface area contributed by atoms with Gasteiger partial charge < -0.3 is 5.11 Å². The number of phenols is 1. The summed E-state index contributed by atoms with van der Waals surface area (Å²) in [6, 6.07) is 13.7. The highest BCUT2D eigenvalue weighted by atomic mass is 16.6. The van der Waals surface area contributed by atoms with E-state index in [0.717, 1.165) is 0 Å². The summed E-state index contributed by atoms with van der Waals surface area (Å²) in [6.07, 6.45) is 0. The van der Waals surface area contributed by atoms with Crippen molar-refractivity contribution in [2.24, 2.45) is 0 Å². The minimum absolute atomic E-state index is 0.0121. The SMILES string of the molecule is Cc1ccc2c(O)cc(-c3ccccc3)c([N+](=O)[O-])c2n1. The van der Waals surface area contributed by atoms with Gasteiger partial charge in [-0.3, -0.25) is 10.1 Å². The Morgan fingerprint density at radius 2 is 1.86 bits per heavy atom. The summed E-state index contributed by atoms with van der Waals surface area (Å²) in [6.45, 7) is 1.76. The molecule has 0 unspecified atom stereocenters. The molecule has 104 valence electrons. The smallest absolute Gasteiger partial charge is 0.303 e. The number of nitrogens with zero attached hydrogens (tertiary/aromatic N) is 2. The van der Waals surface area contributed by atoms with Crippen LogP contribution < -0.4 is 0 Å². The monoisotopic (exact) mass is 280 g/mol. The number of nitro groups is 1. The molecule has 2 aromatic carbocycles. The van der Waals surface area contributed by atoms with Crippen molar-refractivity contribution >= 4 is 16.6 Å². The molecule has 5 nitrogen and oxygen atoms in total. The first kappa shape index (κ1) is 13.1. The van der Waals surface area contributed by atoms with E-state index >= 15 is 0 Å². The first-order valence-electron chi connectivity index (χ1n) is 6.41. The number of hydrogen-bond acceptors (Lipinski definition) is 4. The Hall–Kier alpha value is -2.95. The van der Waals surface area contributed by atoms with Gasteiger partial charge in [0.25, 0.3) is 0 Å². The van der Waals surface area contributed by atoms with Gasteiger partial charge in [-0.25, -0.2) is 4.98 Å². The van der Waals surface area contributed by atoms with Gasteiger partial charge in [0, 0.05) is 11.1 Å². The number of rotatable bonds is 2. The van der Waals surface area contributed by atoms with Crippen LogP contribution in [0.3, 0.4) is 0 Å². The van der Waals surface area contributed by atoms with Crippen molar-refractivity contribution in [1.82, 2.24) is 4.98 Å². The van der Waals surface area contributed by atoms with Crippen LogP contribution in [0.4, 0.5) is 5.69 Å². The van der Waals surface area contributed by atoms with Gasteiger partial charge in [-0.15, -0.1) is 0 Å². The molecule has 0 saturated heterocycles. The fraction of sp³-hybridized carbons (Fsp3) is 0.0625. The Bertz CT molecular complexity index is 845. The number of hydrogen-bond donors (Lipinski definition) is 1. The van der Waals surface area contributed by atoms with Gasteiger partial charge in [0.2, 0.25) is 0 Å². The summed E-state index contributed by atoms with van der Waals surface area (Å²) in [5.74, 6) is -0.0121. The number of nitro benzene ring substituents is 1. The number of aromatic hydroxyl groups is 1. The van der Waals surface area contributed by atoms with Crippen LogP contribution in [0, 0.1) is 17.0 Å². The lowest BCUT2D eigenvalue weighted by atomic mass is 10.00. The Morgan fingerprint density at radius 1 is 1.14 bits per heavy atom. The Labute approximate surface area is 120 Å². The zero-order valence-corrected chi connectivity index (χ0v) is 11.3. The third-order valence-corrected chi connectivity index (χ3v) is 3.34. The number of phenolic OH excluding ortho intramolecular Hbond substituents is 1. The molecule has 1 N–H and O–H groups in total. The van der Waals surface area contributed by atoms with Crippen molar-refractivity contribution in [3.8, 4) is 16.9 Å². The average Bonchev–Trinajstić information content (AvgIpc) is 2.47. The number of benzene rings is 2.